The Bertz CT molecular complexity index is 6070. The fourth-order valence-electron chi connectivity index (χ4n) is 15.3. The summed E-state index contributed by atoms with van der Waals surface area (Å²) in [6.07, 6.45) is 0. The molecule has 0 atom stereocenters. The van der Waals surface area contributed by atoms with E-state index in [9.17, 15) is 0 Å². The molecule has 0 aliphatic carbocycles. The summed E-state index contributed by atoms with van der Waals surface area (Å²) >= 11 is 0. The van der Waals surface area contributed by atoms with E-state index in [4.69, 9.17) is 8.83 Å². The van der Waals surface area contributed by atoms with Gasteiger partial charge in [0.1, 0.15) is 22.3 Å². The highest BCUT2D eigenvalue weighted by Crippen LogP contribution is 2.50. The van der Waals surface area contributed by atoms with E-state index in [1.54, 1.807) is 0 Å². The van der Waals surface area contributed by atoms with Crippen LogP contribution in [-0.2, 0) is 0 Å². The lowest BCUT2D eigenvalue weighted by atomic mass is 9.85. The van der Waals surface area contributed by atoms with Crippen molar-refractivity contribution in [3.63, 3.8) is 0 Å². The van der Waals surface area contributed by atoms with Gasteiger partial charge in [0.15, 0.2) is 0 Å². The second-order valence-corrected chi connectivity index (χ2v) is 24.4. The maximum Gasteiger partial charge on any atom is 0.143 e. The Hall–Kier alpha value is -12.1. The smallest absolute Gasteiger partial charge is 0.143 e. The van der Waals surface area contributed by atoms with Crippen molar-refractivity contribution in [2.45, 2.75) is 0 Å². The largest absolute Gasteiger partial charge is 0.456 e. The molecule has 17 aromatic carbocycles. The van der Waals surface area contributed by atoms with Gasteiger partial charge in [-0.15, -0.1) is 0 Å². The van der Waals surface area contributed by atoms with Crippen molar-refractivity contribution in [1.29, 1.82) is 0 Å². The molecule has 2 heterocycles. The third-order valence-electron chi connectivity index (χ3n) is 19.5. The zero-order valence-electron chi connectivity index (χ0n) is 50.0. The van der Waals surface area contributed by atoms with Gasteiger partial charge in [0.2, 0.25) is 0 Å². The summed E-state index contributed by atoms with van der Waals surface area (Å²) in [7, 11) is 0. The van der Waals surface area contributed by atoms with Gasteiger partial charge in [-0.3, -0.25) is 0 Å². The van der Waals surface area contributed by atoms with E-state index >= 15 is 0 Å². The summed E-state index contributed by atoms with van der Waals surface area (Å²) in [5.74, 6) is 0. The summed E-state index contributed by atoms with van der Waals surface area (Å²) < 4.78 is 13.6. The van der Waals surface area contributed by atoms with Gasteiger partial charge < -0.3 is 8.83 Å². The Balaban J connectivity index is 0.705. The molecule has 0 aliphatic heterocycles. The van der Waals surface area contributed by atoms with Gasteiger partial charge in [-0.25, -0.2) is 0 Å². The predicted octanol–water partition coefficient (Wildman–Crippen LogP) is 25.7. The molecule has 0 aliphatic rings. The van der Waals surface area contributed by atoms with E-state index in [1.807, 2.05) is 0 Å². The third-order valence-corrected chi connectivity index (χ3v) is 19.5. The third kappa shape index (κ3) is 8.07. The molecule has 0 fully saturated rings. The summed E-state index contributed by atoms with van der Waals surface area (Å²) in [4.78, 5) is 0. The SMILES string of the molecule is c1ccc(-c2ccc(-c3c4ccccc4c(-c4ccc(-c5ccc(-c6ccc(-c7c8ccccc8c(-c8ccc(-c9cccc%10oc%11ccc%12ccccc%12c%11c9%10)cc8)c8ccccc78)cc6)c6oc7ccc8ccccc8c7c56)cc4)c4ccccc34)cc2)cc1. The first-order valence-electron chi connectivity index (χ1n) is 31.7. The minimum atomic E-state index is 0.874. The highest BCUT2D eigenvalue weighted by molar-refractivity contribution is 6.27. The Morgan fingerprint density at radius 1 is 0.152 bits per heavy atom. The van der Waals surface area contributed by atoms with Gasteiger partial charge in [0.25, 0.3) is 0 Å². The van der Waals surface area contributed by atoms with Crippen molar-refractivity contribution >= 4 is 109 Å². The lowest BCUT2D eigenvalue weighted by Crippen LogP contribution is -1.91. The molecule has 0 bridgehead atoms. The van der Waals surface area contributed by atoms with Crippen LogP contribution in [0, 0.1) is 0 Å². The predicted molar refractivity (Wildman–Crippen MR) is 390 cm³/mol. The van der Waals surface area contributed by atoms with E-state index in [0.717, 1.165) is 82.8 Å². The lowest BCUT2D eigenvalue weighted by Gasteiger charge is -2.18. The van der Waals surface area contributed by atoms with Gasteiger partial charge in [-0.05, 0) is 172 Å². The number of benzene rings is 17. The topological polar surface area (TPSA) is 26.3 Å². The van der Waals surface area contributed by atoms with Crippen LogP contribution in [0.1, 0.15) is 0 Å². The van der Waals surface area contributed by atoms with Crippen LogP contribution < -0.4 is 0 Å². The van der Waals surface area contributed by atoms with Crippen molar-refractivity contribution in [1.82, 2.24) is 0 Å². The van der Waals surface area contributed by atoms with Crippen LogP contribution in [0.5, 0.6) is 0 Å². The first kappa shape index (κ1) is 51.9. The molecular weight excluding hydrogens is 1110 g/mol. The minimum Gasteiger partial charge on any atom is -0.456 e. The van der Waals surface area contributed by atoms with Crippen LogP contribution in [0.3, 0.4) is 0 Å². The number of fused-ring (bicyclic) bond motifs is 14. The van der Waals surface area contributed by atoms with Crippen LogP contribution >= 0.6 is 0 Å². The molecule has 2 heteroatoms. The molecule has 19 rings (SSSR count). The molecular formula is C90H54O2. The molecule has 0 saturated carbocycles. The summed E-state index contributed by atoms with van der Waals surface area (Å²) in [6, 6.07) is 120. The normalized spacial score (nSPS) is 11.9. The van der Waals surface area contributed by atoms with Crippen molar-refractivity contribution < 1.29 is 8.83 Å². The van der Waals surface area contributed by atoms with Crippen LogP contribution in [0.15, 0.2) is 336 Å². The number of furan rings is 2. The minimum absolute atomic E-state index is 0.874. The Labute approximate surface area is 530 Å². The highest BCUT2D eigenvalue weighted by Gasteiger charge is 2.24. The van der Waals surface area contributed by atoms with Gasteiger partial charge >= 0.3 is 0 Å². The Morgan fingerprint density at radius 3 is 0.891 bits per heavy atom. The summed E-state index contributed by atoms with van der Waals surface area (Å²) in [5, 5.41) is 19.1. The molecule has 0 N–H and O–H groups in total. The van der Waals surface area contributed by atoms with E-state index in [0.29, 0.717) is 0 Å². The molecule has 0 unspecified atom stereocenters. The molecule has 92 heavy (non-hydrogen) atoms. The zero-order chi connectivity index (χ0) is 60.4. The molecule has 2 nitrogen and oxygen atoms in total. The van der Waals surface area contributed by atoms with Crippen LogP contribution in [0.25, 0.3) is 198 Å². The van der Waals surface area contributed by atoms with Crippen molar-refractivity contribution in [2.75, 3.05) is 0 Å². The maximum absolute atomic E-state index is 7.14. The Morgan fingerprint density at radius 2 is 0.457 bits per heavy atom. The summed E-state index contributed by atoms with van der Waals surface area (Å²) in [5.41, 5.74) is 22.4. The van der Waals surface area contributed by atoms with E-state index in [2.05, 4.69) is 328 Å². The van der Waals surface area contributed by atoms with E-state index in [1.165, 1.54) is 115 Å². The first-order valence-corrected chi connectivity index (χ1v) is 31.7. The first-order chi connectivity index (χ1) is 45.6. The molecule has 0 radical (unpaired) electrons. The molecule has 0 saturated heterocycles. The lowest BCUT2D eigenvalue weighted by molar-refractivity contribution is 0.669. The van der Waals surface area contributed by atoms with Crippen LogP contribution in [0.2, 0.25) is 0 Å². The average Bonchev–Trinajstić information content (AvgIpc) is 1.31. The molecule has 426 valence electrons. The molecule has 2 aromatic heterocycles. The molecule has 19 aromatic rings. The van der Waals surface area contributed by atoms with Gasteiger partial charge in [0, 0.05) is 27.1 Å². The zero-order valence-corrected chi connectivity index (χ0v) is 50.0. The van der Waals surface area contributed by atoms with E-state index in [-0.39, 0.29) is 0 Å². The fourth-order valence-corrected chi connectivity index (χ4v) is 15.3. The number of hydrogen-bond acceptors (Lipinski definition) is 2. The number of hydrogen-bond donors (Lipinski definition) is 0. The fraction of sp³-hybridized carbons (Fsp3) is 0. The van der Waals surface area contributed by atoms with Crippen LogP contribution in [-0.4, -0.2) is 0 Å². The molecule has 0 spiro atoms. The number of rotatable bonds is 8. The van der Waals surface area contributed by atoms with Crippen molar-refractivity contribution in [3.05, 3.63) is 328 Å². The summed E-state index contributed by atoms with van der Waals surface area (Å²) in [6.45, 7) is 0. The second kappa shape index (κ2) is 20.8. The van der Waals surface area contributed by atoms with Crippen LogP contribution in [0.4, 0.5) is 0 Å². The van der Waals surface area contributed by atoms with Gasteiger partial charge in [-0.1, -0.05) is 303 Å². The quantitative estimate of drug-likeness (QED) is 0.142. The van der Waals surface area contributed by atoms with Crippen molar-refractivity contribution in [2.24, 2.45) is 0 Å². The maximum atomic E-state index is 7.14. The Kier molecular flexibility index (Phi) is 11.7. The average molecular weight is 1170 g/mol. The van der Waals surface area contributed by atoms with Gasteiger partial charge in [0.05, 0.1) is 0 Å². The standard InChI is InChI=1S/C90H54O2/c1-2-17-55(18-3-1)56-33-41-62(42-34-56)82-71-23-8-10-25-73(71)84(74-26-11-9-24-72(74)82)64-45-37-60(38-46-64)69-51-52-70(90-89(69)88-67-22-7-5-20-58(67)50-54-81(88)92-90)61-39-47-65(48-40-61)85-77-29-14-12-27-75(77)83(76-28-13-15-30-78(76)85)63-43-35-59(36-44-63)68-31-16-32-79-86(68)87-66-21-6-4-19-57(66)49-53-80(87)91-79/h1-54H. The highest BCUT2D eigenvalue weighted by atomic mass is 16.3. The van der Waals surface area contributed by atoms with Crippen molar-refractivity contribution in [3.8, 4) is 89.0 Å². The van der Waals surface area contributed by atoms with Gasteiger partial charge in [-0.2, -0.15) is 0 Å². The van der Waals surface area contributed by atoms with E-state index < -0.39 is 0 Å². The second-order valence-electron chi connectivity index (χ2n) is 24.4. The molecule has 0 amide bonds. The monoisotopic (exact) mass is 1170 g/mol.